The summed E-state index contributed by atoms with van der Waals surface area (Å²) in [5, 5.41) is 12.2. The Balaban J connectivity index is 2.11. The van der Waals surface area contributed by atoms with E-state index in [9.17, 15) is 14.7 Å². The van der Waals surface area contributed by atoms with E-state index in [2.05, 4.69) is 10.2 Å². The molecule has 0 aromatic heterocycles. The van der Waals surface area contributed by atoms with Crippen LogP contribution in [0.2, 0.25) is 0 Å². The average molecular weight is 269 g/mol. The number of nitrogens with one attached hydrogen (secondary N) is 1. The quantitative estimate of drug-likeness (QED) is 0.736. The monoisotopic (exact) mass is 269 g/mol. The van der Waals surface area contributed by atoms with Crippen molar-refractivity contribution in [3.8, 4) is 0 Å². The van der Waals surface area contributed by atoms with Gasteiger partial charge in [0.2, 0.25) is 5.91 Å². The van der Waals surface area contributed by atoms with Crippen molar-refractivity contribution in [2.24, 2.45) is 0 Å². The van der Waals surface area contributed by atoms with Crippen molar-refractivity contribution in [2.45, 2.75) is 51.2 Å². The maximum Gasteiger partial charge on any atom is 0.408 e. The van der Waals surface area contributed by atoms with Crippen molar-refractivity contribution in [1.29, 1.82) is 0 Å². The first-order valence-electron chi connectivity index (χ1n) is 6.83. The number of carbonyl (C=O) groups is 2. The number of hydrogen-bond donors (Lipinski definition) is 2. The molecule has 6 heteroatoms. The Hall–Kier alpha value is -1.30. The summed E-state index contributed by atoms with van der Waals surface area (Å²) in [6.45, 7) is 7.63. The van der Waals surface area contributed by atoms with E-state index in [1.807, 2.05) is 20.8 Å². The molecule has 108 valence electrons. The van der Waals surface area contributed by atoms with Crippen LogP contribution in [0.3, 0.4) is 0 Å². The first-order valence-corrected chi connectivity index (χ1v) is 6.83. The van der Waals surface area contributed by atoms with Crippen LogP contribution in [0.15, 0.2) is 0 Å². The Morgan fingerprint density at radius 3 is 2.53 bits per heavy atom. The van der Waals surface area contributed by atoms with E-state index in [1.165, 1.54) is 4.90 Å². The smallest absolute Gasteiger partial charge is 0.408 e. The number of carbonyl (C=O) groups excluding carboxylic acids is 1. The first kappa shape index (κ1) is 14.1. The highest BCUT2D eigenvalue weighted by Gasteiger charge is 2.42. The van der Waals surface area contributed by atoms with Crippen LogP contribution >= 0.6 is 0 Å². The van der Waals surface area contributed by atoms with Gasteiger partial charge in [-0.25, -0.2) is 4.79 Å². The highest BCUT2D eigenvalue weighted by Crippen LogP contribution is 2.25. The van der Waals surface area contributed by atoms with Gasteiger partial charge in [0.05, 0.1) is 0 Å². The van der Waals surface area contributed by atoms with Gasteiger partial charge in [-0.3, -0.25) is 14.6 Å². The normalized spacial score (nSPS) is 28.1. The third-order valence-electron chi connectivity index (χ3n) is 3.74. The lowest BCUT2D eigenvalue weighted by atomic mass is 10.0. The Labute approximate surface area is 113 Å². The Kier molecular flexibility index (Phi) is 3.71. The fraction of sp³-hybridized carbons (Fsp3) is 0.846. The topological polar surface area (TPSA) is 72.9 Å². The van der Waals surface area contributed by atoms with E-state index in [0.29, 0.717) is 13.1 Å². The molecule has 0 spiro atoms. The van der Waals surface area contributed by atoms with Gasteiger partial charge < -0.3 is 10.4 Å². The zero-order valence-corrected chi connectivity index (χ0v) is 11.8. The first-order chi connectivity index (χ1) is 8.78. The fourth-order valence-corrected chi connectivity index (χ4v) is 2.91. The molecule has 2 heterocycles. The molecular formula is C13H23N3O3. The molecule has 0 aliphatic carbocycles. The number of fused-ring (bicyclic) bond motifs is 1. The molecule has 0 bridgehead atoms. The van der Waals surface area contributed by atoms with E-state index >= 15 is 0 Å². The van der Waals surface area contributed by atoms with E-state index in [-0.39, 0.29) is 17.5 Å². The van der Waals surface area contributed by atoms with Gasteiger partial charge in [-0.1, -0.05) is 0 Å². The minimum Gasteiger partial charge on any atom is -0.465 e. The summed E-state index contributed by atoms with van der Waals surface area (Å²) in [6, 6.07) is -0.305. The van der Waals surface area contributed by atoms with Gasteiger partial charge in [0.1, 0.15) is 6.04 Å². The average Bonchev–Trinajstić information content (AvgIpc) is 2.71. The lowest BCUT2D eigenvalue weighted by Gasteiger charge is -2.42. The SMILES string of the molecule is CC(C)(C)NC(=O)[C@@H]1CN2CCC[C@H]2CN1C(=O)O. The van der Waals surface area contributed by atoms with Gasteiger partial charge in [-0.15, -0.1) is 0 Å². The van der Waals surface area contributed by atoms with E-state index < -0.39 is 12.1 Å². The van der Waals surface area contributed by atoms with E-state index in [1.54, 1.807) is 0 Å². The molecule has 2 fully saturated rings. The van der Waals surface area contributed by atoms with Gasteiger partial charge in [0.15, 0.2) is 0 Å². The molecule has 0 aromatic rings. The molecule has 0 radical (unpaired) electrons. The van der Waals surface area contributed by atoms with Crippen molar-refractivity contribution in [3.63, 3.8) is 0 Å². The maximum atomic E-state index is 12.3. The lowest BCUT2D eigenvalue weighted by molar-refractivity contribution is -0.130. The third kappa shape index (κ3) is 3.18. The number of amides is 2. The van der Waals surface area contributed by atoms with E-state index in [0.717, 1.165) is 19.4 Å². The standard InChI is InChI=1S/C13H23N3O3/c1-13(2,3)14-11(17)10-8-15-6-4-5-9(15)7-16(10)12(18)19/h9-10H,4-8H2,1-3H3,(H,14,17)(H,18,19)/t9-,10-/m0/s1. The Morgan fingerprint density at radius 1 is 1.26 bits per heavy atom. The van der Waals surface area contributed by atoms with Crippen molar-refractivity contribution < 1.29 is 14.7 Å². The molecule has 0 saturated carbocycles. The molecule has 2 aliphatic heterocycles. The summed E-state index contributed by atoms with van der Waals surface area (Å²) in [4.78, 5) is 27.2. The van der Waals surface area contributed by atoms with Crippen LogP contribution in [-0.4, -0.2) is 64.2 Å². The van der Waals surface area contributed by atoms with Crippen LogP contribution in [0, 0.1) is 0 Å². The summed E-state index contributed by atoms with van der Waals surface area (Å²) in [7, 11) is 0. The zero-order valence-electron chi connectivity index (χ0n) is 11.8. The molecule has 2 N–H and O–H groups in total. The van der Waals surface area contributed by atoms with Crippen LogP contribution in [0.4, 0.5) is 4.79 Å². The van der Waals surface area contributed by atoms with Crippen LogP contribution < -0.4 is 5.32 Å². The molecule has 2 saturated heterocycles. The Bertz CT molecular complexity index is 378. The summed E-state index contributed by atoms with van der Waals surface area (Å²) in [5.74, 6) is -0.194. The van der Waals surface area contributed by atoms with Crippen LogP contribution in [0.1, 0.15) is 33.6 Å². The molecule has 6 nitrogen and oxygen atoms in total. The predicted octanol–water partition coefficient (Wildman–Crippen LogP) is 0.728. The highest BCUT2D eigenvalue weighted by atomic mass is 16.4. The number of piperazine rings is 1. The number of carboxylic acid groups (broad SMARTS) is 1. The van der Waals surface area contributed by atoms with E-state index in [4.69, 9.17) is 0 Å². The van der Waals surface area contributed by atoms with Crippen molar-refractivity contribution in [3.05, 3.63) is 0 Å². The summed E-state index contributed by atoms with van der Waals surface area (Å²) in [5.41, 5.74) is -0.344. The molecule has 0 unspecified atom stereocenters. The highest BCUT2D eigenvalue weighted by molar-refractivity contribution is 5.86. The predicted molar refractivity (Wildman–Crippen MR) is 71.0 cm³/mol. The molecule has 19 heavy (non-hydrogen) atoms. The largest absolute Gasteiger partial charge is 0.465 e. The number of hydrogen-bond acceptors (Lipinski definition) is 3. The molecule has 2 atom stereocenters. The minimum absolute atomic E-state index is 0.194. The molecule has 0 aromatic carbocycles. The fourth-order valence-electron chi connectivity index (χ4n) is 2.91. The van der Waals surface area contributed by atoms with Crippen LogP contribution in [0.25, 0.3) is 0 Å². The number of nitrogens with zero attached hydrogens (tertiary/aromatic N) is 2. The molecule has 2 aliphatic rings. The minimum atomic E-state index is -0.999. The van der Waals surface area contributed by atoms with Crippen molar-refractivity contribution in [1.82, 2.24) is 15.1 Å². The maximum absolute atomic E-state index is 12.3. The lowest BCUT2D eigenvalue weighted by Crippen LogP contribution is -2.63. The van der Waals surface area contributed by atoms with Crippen molar-refractivity contribution >= 4 is 12.0 Å². The van der Waals surface area contributed by atoms with Gasteiger partial charge in [0, 0.05) is 24.7 Å². The molecule has 2 rings (SSSR count). The second kappa shape index (κ2) is 5.00. The molecule has 2 amide bonds. The zero-order chi connectivity index (χ0) is 14.2. The molecular weight excluding hydrogens is 246 g/mol. The van der Waals surface area contributed by atoms with Crippen LogP contribution in [-0.2, 0) is 4.79 Å². The van der Waals surface area contributed by atoms with Crippen LogP contribution in [0.5, 0.6) is 0 Å². The Morgan fingerprint density at radius 2 is 1.95 bits per heavy atom. The third-order valence-corrected chi connectivity index (χ3v) is 3.74. The van der Waals surface area contributed by atoms with Gasteiger partial charge in [-0.05, 0) is 40.2 Å². The van der Waals surface area contributed by atoms with Gasteiger partial charge in [0.25, 0.3) is 0 Å². The summed E-state index contributed by atoms with van der Waals surface area (Å²) >= 11 is 0. The second-order valence-corrected chi connectivity index (χ2v) is 6.48. The number of rotatable bonds is 1. The van der Waals surface area contributed by atoms with Gasteiger partial charge >= 0.3 is 6.09 Å². The summed E-state index contributed by atoms with van der Waals surface area (Å²) < 4.78 is 0. The second-order valence-electron chi connectivity index (χ2n) is 6.48. The van der Waals surface area contributed by atoms with Gasteiger partial charge in [-0.2, -0.15) is 0 Å². The van der Waals surface area contributed by atoms with Crippen molar-refractivity contribution in [2.75, 3.05) is 19.6 Å². The summed E-state index contributed by atoms with van der Waals surface area (Å²) in [6.07, 6.45) is 1.11.